The molecule has 1 fully saturated rings. The van der Waals surface area contributed by atoms with Gasteiger partial charge >= 0.3 is 0 Å². The lowest BCUT2D eigenvalue weighted by Gasteiger charge is -2.37. The number of halogens is 1. The summed E-state index contributed by atoms with van der Waals surface area (Å²) >= 11 is 6.59. The number of hydrogen-bond donors (Lipinski definition) is 0. The van der Waals surface area contributed by atoms with Crippen molar-refractivity contribution in [2.45, 2.75) is 26.1 Å². The van der Waals surface area contributed by atoms with Crippen molar-refractivity contribution in [2.24, 2.45) is 0 Å². The first-order valence-corrected chi connectivity index (χ1v) is 9.72. The van der Waals surface area contributed by atoms with E-state index < -0.39 is 0 Å². The Bertz CT molecular complexity index is 972. The Hall–Kier alpha value is -2.63. The molecule has 1 aliphatic heterocycles. The van der Waals surface area contributed by atoms with Crippen molar-refractivity contribution in [1.82, 2.24) is 14.7 Å². The third-order valence-electron chi connectivity index (χ3n) is 4.94. The molecule has 4 rings (SSSR count). The van der Waals surface area contributed by atoms with Crippen LogP contribution in [0.3, 0.4) is 0 Å². The number of amides is 1. The van der Waals surface area contributed by atoms with Crippen LogP contribution in [0.4, 0.5) is 0 Å². The molecule has 0 N–H and O–H groups in total. The van der Waals surface area contributed by atoms with Crippen LogP contribution in [0.25, 0.3) is 5.69 Å². The van der Waals surface area contributed by atoms with E-state index in [9.17, 15) is 4.79 Å². The normalized spacial score (nSPS) is 19.6. The van der Waals surface area contributed by atoms with Gasteiger partial charge in [0.05, 0.1) is 29.6 Å². The minimum absolute atomic E-state index is 0.0637. The maximum atomic E-state index is 13.3. The highest BCUT2D eigenvalue weighted by Gasteiger charge is 2.33. The molecule has 2 unspecified atom stereocenters. The van der Waals surface area contributed by atoms with Gasteiger partial charge in [-0.2, -0.15) is 5.10 Å². The lowest BCUT2D eigenvalue weighted by atomic mass is 10.1. The molecule has 0 saturated carbocycles. The third-order valence-corrected chi connectivity index (χ3v) is 5.29. The second-order valence-electron chi connectivity index (χ2n) is 7.05. The minimum atomic E-state index is -0.155. The van der Waals surface area contributed by atoms with Crippen LogP contribution < -0.4 is 0 Å². The number of morpholine rings is 1. The van der Waals surface area contributed by atoms with Gasteiger partial charge < -0.3 is 9.64 Å². The summed E-state index contributed by atoms with van der Waals surface area (Å²) in [6, 6.07) is 19.6. The molecule has 0 spiro atoms. The Morgan fingerprint density at radius 2 is 1.71 bits per heavy atom. The average molecular weight is 396 g/mol. The van der Waals surface area contributed by atoms with Crippen molar-refractivity contribution >= 4 is 17.5 Å². The molecule has 2 atom stereocenters. The van der Waals surface area contributed by atoms with E-state index in [-0.39, 0.29) is 18.1 Å². The summed E-state index contributed by atoms with van der Waals surface area (Å²) in [5, 5.41) is 4.84. The molecule has 0 radical (unpaired) electrons. The quantitative estimate of drug-likeness (QED) is 0.658. The maximum Gasteiger partial charge on any atom is 0.259 e. The highest BCUT2D eigenvalue weighted by molar-refractivity contribution is 6.33. The highest BCUT2D eigenvalue weighted by atomic mass is 35.5. The van der Waals surface area contributed by atoms with E-state index in [2.05, 4.69) is 5.10 Å². The molecule has 2 aromatic carbocycles. The van der Waals surface area contributed by atoms with Crippen molar-refractivity contribution in [3.63, 3.8) is 0 Å². The zero-order valence-electron chi connectivity index (χ0n) is 15.9. The number of carbonyl (C=O) groups is 1. The molecule has 6 heteroatoms. The predicted molar refractivity (Wildman–Crippen MR) is 109 cm³/mol. The van der Waals surface area contributed by atoms with Gasteiger partial charge in [0.15, 0.2) is 0 Å². The monoisotopic (exact) mass is 395 g/mol. The van der Waals surface area contributed by atoms with Gasteiger partial charge in [0.1, 0.15) is 11.3 Å². The zero-order chi connectivity index (χ0) is 19.7. The minimum Gasteiger partial charge on any atom is -0.367 e. The molecule has 0 bridgehead atoms. The number of nitrogens with zero attached hydrogens (tertiary/aromatic N) is 3. The lowest BCUT2D eigenvalue weighted by Crippen LogP contribution is -2.46. The fraction of sp³-hybridized carbons (Fsp3) is 0.273. The number of hydrogen-bond acceptors (Lipinski definition) is 3. The molecule has 144 valence electrons. The van der Waals surface area contributed by atoms with Crippen LogP contribution >= 0.6 is 11.6 Å². The second kappa shape index (κ2) is 7.78. The van der Waals surface area contributed by atoms with E-state index in [1.807, 2.05) is 79.4 Å². The number of ether oxygens (including phenoxy) is 1. The summed E-state index contributed by atoms with van der Waals surface area (Å²) in [6.45, 7) is 4.81. The Morgan fingerprint density at radius 1 is 1.07 bits per heavy atom. The molecule has 2 heterocycles. The van der Waals surface area contributed by atoms with Crippen molar-refractivity contribution in [1.29, 1.82) is 0 Å². The summed E-state index contributed by atoms with van der Waals surface area (Å²) in [5.41, 5.74) is 2.96. The molecule has 5 nitrogen and oxygen atoms in total. The van der Waals surface area contributed by atoms with E-state index >= 15 is 0 Å². The lowest BCUT2D eigenvalue weighted by molar-refractivity contribution is -0.0691. The average Bonchev–Trinajstić information content (AvgIpc) is 3.02. The Labute approximate surface area is 169 Å². The summed E-state index contributed by atoms with van der Waals surface area (Å²) in [5.74, 6) is -0.110. The van der Waals surface area contributed by atoms with Crippen LogP contribution in [0, 0.1) is 6.92 Å². The van der Waals surface area contributed by atoms with Gasteiger partial charge in [0.2, 0.25) is 0 Å². The third kappa shape index (κ3) is 3.55. The van der Waals surface area contributed by atoms with Gasteiger partial charge in [-0.05, 0) is 31.5 Å². The standard InChI is InChI=1S/C22H22ClN3O2/c1-15-13-25(14-19(28-15)17-9-5-3-6-10-17)22(27)20-16(2)24-26(21(20)23)18-11-7-4-8-12-18/h3-12,15,19H,13-14H2,1-2H3. The van der Waals surface area contributed by atoms with E-state index in [1.54, 1.807) is 4.68 Å². The number of benzene rings is 2. The molecular weight excluding hydrogens is 374 g/mol. The van der Waals surface area contributed by atoms with Crippen molar-refractivity contribution < 1.29 is 9.53 Å². The van der Waals surface area contributed by atoms with Gasteiger partial charge in [-0.25, -0.2) is 4.68 Å². The van der Waals surface area contributed by atoms with Gasteiger partial charge in [0.25, 0.3) is 5.91 Å². The number of aromatic nitrogens is 2. The number of para-hydroxylation sites is 1. The van der Waals surface area contributed by atoms with Crippen molar-refractivity contribution in [3.8, 4) is 5.69 Å². The molecule has 1 aliphatic rings. The van der Waals surface area contributed by atoms with E-state index in [1.165, 1.54) is 0 Å². The molecule has 3 aromatic rings. The molecular formula is C22H22ClN3O2. The van der Waals surface area contributed by atoms with Crippen LogP contribution in [0.1, 0.15) is 34.6 Å². The zero-order valence-corrected chi connectivity index (χ0v) is 16.6. The van der Waals surface area contributed by atoms with Crippen molar-refractivity contribution in [3.05, 3.63) is 82.6 Å². The highest BCUT2D eigenvalue weighted by Crippen LogP contribution is 2.29. The summed E-state index contributed by atoms with van der Waals surface area (Å²) in [4.78, 5) is 15.2. The van der Waals surface area contributed by atoms with Gasteiger partial charge in [-0.1, -0.05) is 60.1 Å². The fourth-order valence-electron chi connectivity index (χ4n) is 3.61. The Morgan fingerprint density at radius 3 is 2.39 bits per heavy atom. The molecule has 0 aliphatic carbocycles. The topological polar surface area (TPSA) is 47.4 Å². The van der Waals surface area contributed by atoms with Crippen LogP contribution in [-0.2, 0) is 4.74 Å². The fourth-order valence-corrected chi connectivity index (χ4v) is 3.96. The molecule has 1 amide bonds. The van der Waals surface area contributed by atoms with Crippen LogP contribution in [0.2, 0.25) is 5.15 Å². The summed E-state index contributed by atoms with van der Waals surface area (Å²) in [6.07, 6.45) is -0.219. The van der Waals surface area contributed by atoms with E-state index in [0.717, 1.165) is 11.3 Å². The smallest absolute Gasteiger partial charge is 0.259 e. The second-order valence-corrected chi connectivity index (χ2v) is 7.41. The van der Waals surface area contributed by atoms with Crippen LogP contribution in [-0.4, -0.2) is 39.8 Å². The first-order chi connectivity index (χ1) is 13.5. The maximum absolute atomic E-state index is 13.3. The largest absolute Gasteiger partial charge is 0.367 e. The van der Waals surface area contributed by atoms with E-state index in [4.69, 9.17) is 16.3 Å². The first-order valence-electron chi connectivity index (χ1n) is 9.35. The summed E-state index contributed by atoms with van der Waals surface area (Å²) in [7, 11) is 0. The molecule has 28 heavy (non-hydrogen) atoms. The number of carbonyl (C=O) groups excluding carboxylic acids is 1. The summed E-state index contributed by atoms with van der Waals surface area (Å²) < 4.78 is 7.69. The van der Waals surface area contributed by atoms with Crippen LogP contribution in [0.5, 0.6) is 0 Å². The predicted octanol–water partition coefficient (Wildman–Crippen LogP) is 4.44. The van der Waals surface area contributed by atoms with Crippen LogP contribution in [0.15, 0.2) is 60.7 Å². The van der Waals surface area contributed by atoms with Gasteiger partial charge in [-0.15, -0.1) is 0 Å². The number of rotatable bonds is 3. The van der Waals surface area contributed by atoms with Gasteiger partial charge in [-0.3, -0.25) is 4.79 Å². The molecule has 1 saturated heterocycles. The van der Waals surface area contributed by atoms with E-state index in [0.29, 0.717) is 29.5 Å². The Balaban J connectivity index is 1.63. The SMILES string of the molecule is Cc1nn(-c2ccccc2)c(Cl)c1C(=O)N1CC(C)OC(c2ccccc2)C1. The molecule has 1 aromatic heterocycles. The van der Waals surface area contributed by atoms with Gasteiger partial charge in [0, 0.05) is 6.54 Å². The first kappa shape index (κ1) is 18.7. The van der Waals surface area contributed by atoms with Crippen molar-refractivity contribution in [2.75, 3.05) is 13.1 Å². The number of aryl methyl sites for hydroxylation is 1. The Kier molecular flexibility index (Phi) is 5.20.